The van der Waals surface area contributed by atoms with Crippen molar-refractivity contribution in [2.24, 2.45) is 0 Å². The number of benzene rings is 2. The van der Waals surface area contributed by atoms with Gasteiger partial charge in [0.05, 0.1) is 11.0 Å². The molecule has 3 heterocycles. The van der Waals surface area contributed by atoms with Crippen molar-refractivity contribution in [3.63, 3.8) is 0 Å². The van der Waals surface area contributed by atoms with E-state index in [1.54, 1.807) is 28.9 Å². The highest BCUT2D eigenvalue weighted by Crippen LogP contribution is 2.24. The zero-order valence-electron chi connectivity index (χ0n) is 14.8. The molecule has 0 aliphatic heterocycles. The Bertz CT molecular complexity index is 1380. The van der Waals surface area contributed by atoms with Gasteiger partial charge in [-0.3, -0.25) is 19.2 Å². The Morgan fingerprint density at radius 1 is 0.857 bits per heavy atom. The number of nitrogens with one attached hydrogen (secondary N) is 2. The molecule has 3 aromatic heterocycles. The van der Waals surface area contributed by atoms with Crippen LogP contribution < -0.4 is 10.9 Å². The Morgan fingerprint density at radius 2 is 1.68 bits per heavy atom. The average molecular weight is 368 g/mol. The van der Waals surface area contributed by atoms with E-state index in [0.29, 0.717) is 11.2 Å². The lowest BCUT2D eigenvalue weighted by Gasteiger charge is -2.07. The lowest BCUT2D eigenvalue weighted by atomic mass is 10.2. The minimum Gasteiger partial charge on any atom is -0.322 e. The summed E-state index contributed by atoms with van der Waals surface area (Å²) in [5.74, 6) is -0.434. The molecule has 0 unspecified atom stereocenters. The number of para-hydroxylation sites is 1. The highest BCUT2D eigenvalue weighted by Gasteiger charge is 2.17. The Hall–Kier alpha value is -4.06. The Labute approximate surface area is 159 Å². The lowest BCUT2D eigenvalue weighted by molar-refractivity contribution is 0.102. The fourth-order valence-electron chi connectivity index (χ4n) is 3.47. The van der Waals surface area contributed by atoms with Gasteiger partial charge in [0.2, 0.25) is 0 Å². The van der Waals surface area contributed by atoms with E-state index in [2.05, 4.69) is 15.0 Å². The van der Waals surface area contributed by atoms with Crippen LogP contribution in [0.25, 0.3) is 22.1 Å². The van der Waals surface area contributed by atoms with Crippen molar-refractivity contribution in [1.29, 1.82) is 0 Å². The summed E-state index contributed by atoms with van der Waals surface area (Å²) in [7, 11) is 0. The first kappa shape index (κ1) is 16.1. The van der Waals surface area contributed by atoms with Gasteiger partial charge in [-0.25, -0.2) is 0 Å². The molecule has 0 saturated carbocycles. The third-order valence-corrected chi connectivity index (χ3v) is 4.77. The second-order valence-electron chi connectivity index (χ2n) is 6.52. The van der Waals surface area contributed by atoms with Gasteiger partial charge in [0.25, 0.3) is 11.5 Å². The van der Waals surface area contributed by atoms with Crippen LogP contribution in [-0.4, -0.2) is 20.1 Å². The van der Waals surface area contributed by atoms with E-state index in [9.17, 15) is 9.59 Å². The maximum atomic E-state index is 12.7. The highest BCUT2D eigenvalue weighted by molar-refractivity contribution is 6.09. The van der Waals surface area contributed by atoms with E-state index in [1.807, 2.05) is 60.8 Å². The van der Waals surface area contributed by atoms with Crippen LogP contribution in [0, 0.1) is 0 Å². The van der Waals surface area contributed by atoms with Crippen molar-refractivity contribution in [2.45, 2.75) is 0 Å². The summed E-state index contributed by atoms with van der Waals surface area (Å²) in [4.78, 5) is 24.9. The first-order valence-corrected chi connectivity index (χ1v) is 8.88. The summed E-state index contributed by atoms with van der Waals surface area (Å²) in [6.07, 6.45) is 3.70. The van der Waals surface area contributed by atoms with Crippen molar-refractivity contribution in [3.8, 4) is 5.69 Å². The minimum absolute atomic E-state index is 0.0996. The van der Waals surface area contributed by atoms with Crippen molar-refractivity contribution in [2.75, 3.05) is 5.32 Å². The van der Waals surface area contributed by atoms with E-state index >= 15 is 0 Å². The molecule has 0 atom stereocenters. The zero-order valence-corrected chi connectivity index (χ0v) is 14.8. The fourth-order valence-corrected chi connectivity index (χ4v) is 3.47. The van der Waals surface area contributed by atoms with E-state index in [0.717, 1.165) is 16.6 Å². The summed E-state index contributed by atoms with van der Waals surface area (Å²) < 4.78 is 3.63. The molecule has 6 nitrogen and oxygen atoms in total. The number of fused-ring (bicyclic) bond motifs is 2. The number of carbonyl (C=O) groups is 1. The van der Waals surface area contributed by atoms with Gasteiger partial charge < -0.3 is 9.88 Å². The van der Waals surface area contributed by atoms with Gasteiger partial charge in [-0.1, -0.05) is 24.3 Å². The Kier molecular flexibility index (Phi) is 3.62. The maximum absolute atomic E-state index is 12.7. The van der Waals surface area contributed by atoms with Crippen molar-refractivity contribution >= 4 is 28.0 Å². The molecule has 6 heteroatoms. The van der Waals surface area contributed by atoms with E-state index in [-0.39, 0.29) is 5.56 Å². The van der Waals surface area contributed by atoms with Gasteiger partial charge in [-0.05, 0) is 48.5 Å². The third kappa shape index (κ3) is 2.59. The molecular formula is C22H16N4O2. The average Bonchev–Trinajstić information content (AvgIpc) is 3.28. The predicted molar refractivity (Wildman–Crippen MR) is 109 cm³/mol. The number of anilines is 1. The number of hydrogen-bond acceptors (Lipinski definition) is 2. The molecule has 0 radical (unpaired) electrons. The zero-order chi connectivity index (χ0) is 19.1. The van der Waals surface area contributed by atoms with Crippen molar-refractivity contribution < 1.29 is 4.79 Å². The summed E-state index contributed by atoms with van der Waals surface area (Å²) in [5, 5.41) is 6.48. The Balaban J connectivity index is 1.49. The van der Waals surface area contributed by atoms with Crippen LogP contribution in [0.5, 0.6) is 0 Å². The fraction of sp³-hybridized carbons (Fsp3) is 0. The quantitative estimate of drug-likeness (QED) is 0.508. The molecular weight excluding hydrogens is 352 g/mol. The maximum Gasteiger partial charge on any atom is 0.277 e. The molecule has 0 spiro atoms. The largest absolute Gasteiger partial charge is 0.322 e. The molecule has 0 saturated heterocycles. The van der Waals surface area contributed by atoms with Gasteiger partial charge in [0.15, 0.2) is 0 Å². The number of amides is 1. The molecule has 0 fully saturated rings. The topological polar surface area (TPSA) is 71.3 Å². The third-order valence-electron chi connectivity index (χ3n) is 4.77. The second-order valence-corrected chi connectivity index (χ2v) is 6.52. The van der Waals surface area contributed by atoms with E-state index in [4.69, 9.17) is 0 Å². The second kappa shape index (κ2) is 6.28. The molecule has 0 aliphatic carbocycles. The number of aromatic amines is 1. The van der Waals surface area contributed by atoms with Crippen LogP contribution in [0.4, 0.5) is 5.69 Å². The summed E-state index contributed by atoms with van der Waals surface area (Å²) in [6, 6.07) is 23.1. The van der Waals surface area contributed by atoms with Gasteiger partial charge in [0, 0.05) is 29.2 Å². The molecule has 28 heavy (non-hydrogen) atoms. The van der Waals surface area contributed by atoms with Crippen molar-refractivity contribution in [3.05, 3.63) is 101 Å². The molecule has 2 aromatic carbocycles. The predicted octanol–water partition coefficient (Wildman–Crippen LogP) is 3.82. The normalized spacial score (nSPS) is 11.1. The van der Waals surface area contributed by atoms with Crippen LogP contribution >= 0.6 is 0 Å². The molecule has 0 bridgehead atoms. The highest BCUT2D eigenvalue weighted by atomic mass is 16.2. The lowest BCUT2D eigenvalue weighted by Crippen LogP contribution is -2.19. The number of rotatable bonds is 3. The Morgan fingerprint density at radius 3 is 2.54 bits per heavy atom. The monoisotopic (exact) mass is 368 g/mol. The van der Waals surface area contributed by atoms with Crippen LogP contribution in [0.15, 0.2) is 90.0 Å². The minimum atomic E-state index is -0.434. The smallest absolute Gasteiger partial charge is 0.277 e. The van der Waals surface area contributed by atoms with Crippen LogP contribution in [0.2, 0.25) is 0 Å². The van der Waals surface area contributed by atoms with Crippen LogP contribution in [0.1, 0.15) is 10.4 Å². The summed E-state index contributed by atoms with van der Waals surface area (Å²) in [6.45, 7) is 0. The number of nitrogens with zero attached hydrogens (tertiary/aromatic N) is 2. The summed E-state index contributed by atoms with van der Waals surface area (Å²) in [5.41, 5.74) is 2.97. The first-order valence-electron chi connectivity index (χ1n) is 8.88. The number of H-pyrrole nitrogens is 1. The van der Waals surface area contributed by atoms with Gasteiger partial charge >= 0.3 is 0 Å². The van der Waals surface area contributed by atoms with Crippen molar-refractivity contribution in [1.82, 2.24) is 14.2 Å². The number of aromatic nitrogens is 3. The van der Waals surface area contributed by atoms with Gasteiger partial charge in [-0.15, -0.1) is 0 Å². The SMILES string of the molecule is O=C(Nc1ccc2c(ccn2-c2ccccc2)c1)c1c(=O)[nH]n2ccccc12. The standard InChI is InChI=1S/C22H16N4O2/c27-21(20-19-8-4-5-12-26(19)24-22(20)28)23-16-9-10-18-15(14-16)11-13-25(18)17-6-2-1-3-7-17/h1-14H,(H,23,27)(H,24,28). The number of carbonyl (C=O) groups excluding carboxylic acids is 1. The van der Waals surface area contributed by atoms with Gasteiger partial charge in [-0.2, -0.15) is 0 Å². The molecule has 136 valence electrons. The first-order chi connectivity index (χ1) is 13.7. The van der Waals surface area contributed by atoms with Crippen LogP contribution in [0.3, 0.4) is 0 Å². The van der Waals surface area contributed by atoms with E-state index in [1.165, 1.54) is 0 Å². The molecule has 2 N–H and O–H groups in total. The van der Waals surface area contributed by atoms with E-state index < -0.39 is 11.5 Å². The molecule has 1 amide bonds. The molecule has 5 aromatic rings. The van der Waals surface area contributed by atoms with Crippen LogP contribution in [-0.2, 0) is 0 Å². The molecule has 0 aliphatic rings. The number of pyridine rings is 1. The number of hydrogen-bond donors (Lipinski definition) is 2. The summed E-state index contributed by atoms with van der Waals surface area (Å²) >= 11 is 0. The van der Waals surface area contributed by atoms with Gasteiger partial charge in [0.1, 0.15) is 5.56 Å². The molecule has 5 rings (SSSR count).